The molecule has 0 radical (unpaired) electrons. The Morgan fingerprint density at radius 1 is 0.625 bits per heavy atom. The lowest BCUT2D eigenvalue weighted by atomic mass is 9.62. The van der Waals surface area contributed by atoms with Gasteiger partial charge in [-0.1, -0.05) is 125 Å². The standard InChI is InChI=1S/C42H66N2O4/c1-10-16-30-22-32(18-12-3)37(33(23-30)19-13-4)47-39(45)43-29-42(9)27-36(26-41(7,8)28-42)44-40(46)48-38-34(20-14-5)24-31(17-11-2)25-35(38)21-15-6/h22-25,36H,10-21,26-29H2,1-9H3,(H,43,45)(H,44,46). The Morgan fingerprint density at radius 3 is 1.42 bits per heavy atom. The van der Waals surface area contributed by atoms with Crippen LogP contribution < -0.4 is 20.1 Å². The second-order valence-corrected chi connectivity index (χ2v) is 15.5. The Kier molecular flexibility index (Phi) is 15.3. The summed E-state index contributed by atoms with van der Waals surface area (Å²) >= 11 is 0. The smallest absolute Gasteiger partial charge is 0.410 e. The third-order valence-corrected chi connectivity index (χ3v) is 9.57. The summed E-state index contributed by atoms with van der Waals surface area (Å²) in [7, 11) is 0. The van der Waals surface area contributed by atoms with Crippen LogP contribution in [0.4, 0.5) is 9.59 Å². The van der Waals surface area contributed by atoms with Crippen LogP contribution in [0.5, 0.6) is 11.5 Å². The normalized spacial score (nSPS) is 18.7. The molecule has 2 N–H and O–H groups in total. The lowest BCUT2D eigenvalue weighted by Crippen LogP contribution is -2.51. The number of rotatable bonds is 17. The van der Waals surface area contributed by atoms with Gasteiger partial charge >= 0.3 is 12.2 Å². The molecule has 0 aromatic heterocycles. The van der Waals surface area contributed by atoms with Gasteiger partial charge in [-0.25, -0.2) is 9.59 Å². The van der Waals surface area contributed by atoms with E-state index in [0.717, 1.165) is 130 Å². The number of hydrogen-bond donors (Lipinski definition) is 2. The van der Waals surface area contributed by atoms with E-state index in [1.54, 1.807) is 0 Å². The maximum absolute atomic E-state index is 13.5. The van der Waals surface area contributed by atoms with E-state index in [2.05, 4.69) is 97.2 Å². The highest BCUT2D eigenvalue weighted by molar-refractivity contribution is 5.73. The predicted molar refractivity (Wildman–Crippen MR) is 200 cm³/mol. The van der Waals surface area contributed by atoms with Crippen molar-refractivity contribution in [3.05, 3.63) is 57.6 Å². The third kappa shape index (κ3) is 11.6. The van der Waals surface area contributed by atoms with Crippen molar-refractivity contribution < 1.29 is 19.1 Å². The van der Waals surface area contributed by atoms with Crippen LogP contribution in [0.2, 0.25) is 0 Å². The summed E-state index contributed by atoms with van der Waals surface area (Å²) in [6.07, 6.45) is 13.5. The minimum absolute atomic E-state index is 0.0171. The molecule has 2 unspecified atom stereocenters. The number of ether oxygens (including phenoxy) is 2. The Hall–Kier alpha value is -3.02. The molecule has 6 nitrogen and oxygen atoms in total. The molecule has 0 saturated heterocycles. The molecule has 2 atom stereocenters. The zero-order valence-electron chi connectivity index (χ0n) is 31.8. The van der Waals surface area contributed by atoms with Crippen molar-refractivity contribution in [2.24, 2.45) is 10.8 Å². The molecule has 1 aliphatic carbocycles. The highest BCUT2D eigenvalue weighted by atomic mass is 16.6. The number of carbonyl (C=O) groups excluding carboxylic acids is 2. The Morgan fingerprint density at radius 2 is 1.02 bits per heavy atom. The first kappa shape index (κ1) is 39.4. The van der Waals surface area contributed by atoms with Crippen LogP contribution in [0, 0.1) is 10.8 Å². The van der Waals surface area contributed by atoms with Crippen molar-refractivity contribution in [2.45, 2.75) is 165 Å². The lowest BCUT2D eigenvalue weighted by Gasteiger charge is -2.46. The van der Waals surface area contributed by atoms with Crippen LogP contribution in [0.25, 0.3) is 0 Å². The molecule has 2 aromatic carbocycles. The first-order valence-electron chi connectivity index (χ1n) is 19.1. The average molecular weight is 663 g/mol. The Bertz CT molecular complexity index is 1300. The summed E-state index contributed by atoms with van der Waals surface area (Å²) < 4.78 is 12.3. The summed E-state index contributed by atoms with van der Waals surface area (Å²) in [5, 5.41) is 6.36. The van der Waals surface area contributed by atoms with E-state index in [-0.39, 0.29) is 23.0 Å². The van der Waals surface area contributed by atoms with Gasteiger partial charge in [0.15, 0.2) is 0 Å². The van der Waals surface area contributed by atoms with Gasteiger partial charge in [0.1, 0.15) is 11.5 Å². The largest absolute Gasteiger partial charge is 0.412 e. The number of benzene rings is 2. The number of aryl methyl sites for hydroxylation is 6. The van der Waals surface area contributed by atoms with E-state index in [1.165, 1.54) is 11.1 Å². The fourth-order valence-electron chi connectivity index (χ4n) is 8.18. The van der Waals surface area contributed by atoms with Crippen LogP contribution in [-0.4, -0.2) is 24.8 Å². The van der Waals surface area contributed by atoms with Crippen LogP contribution in [0.1, 0.15) is 153 Å². The van der Waals surface area contributed by atoms with Crippen LogP contribution >= 0.6 is 0 Å². The lowest BCUT2D eigenvalue weighted by molar-refractivity contribution is 0.0701. The number of amides is 2. The SMILES string of the molecule is CCCc1cc(CCC)c(OC(=O)NCC2(C)CC(NC(=O)Oc3c(CCC)cc(CCC)cc3CCC)CC(C)(C)C2)c(CCC)c1. The van der Waals surface area contributed by atoms with E-state index in [9.17, 15) is 9.59 Å². The molecule has 1 aliphatic rings. The molecular formula is C42H66N2O4. The van der Waals surface area contributed by atoms with Gasteiger partial charge in [0.25, 0.3) is 0 Å². The fourth-order valence-corrected chi connectivity index (χ4v) is 8.18. The summed E-state index contributed by atoms with van der Waals surface area (Å²) in [6, 6.07) is 8.86. The fraction of sp³-hybridized carbons (Fsp3) is 0.667. The van der Waals surface area contributed by atoms with Crippen LogP contribution in [-0.2, 0) is 38.5 Å². The highest BCUT2D eigenvalue weighted by Crippen LogP contribution is 2.46. The van der Waals surface area contributed by atoms with E-state index in [4.69, 9.17) is 9.47 Å². The van der Waals surface area contributed by atoms with Gasteiger partial charge in [0.2, 0.25) is 0 Å². The maximum Gasteiger partial charge on any atom is 0.412 e. The Balaban J connectivity index is 1.73. The molecule has 2 aromatic rings. The predicted octanol–water partition coefficient (Wildman–Crippen LogP) is 10.9. The second-order valence-electron chi connectivity index (χ2n) is 15.5. The zero-order valence-corrected chi connectivity index (χ0v) is 31.8. The second kappa shape index (κ2) is 18.7. The zero-order chi connectivity index (χ0) is 35.3. The molecule has 0 bridgehead atoms. The van der Waals surface area contributed by atoms with Gasteiger partial charge in [-0.05, 0) is 102 Å². The van der Waals surface area contributed by atoms with Gasteiger partial charge in [-0.2, -0.15) is 0 Å². The number of carbonyl (C=O) groups is 2. The van der Waals surface area contributed by atoms with Crippen LogP contribution in [0.3, 0.4) is 0 Å². The van der Waals surface area contributed by atoms with Crippen molar-refractivity contribution in [3.63, 3.8) is 0 Å². The molecule has 0 heterocycles. The molecule has 1 fully saturated rings. The monoisotopic (exact) mass is 663 g/mol. The summed E-state index contributed by atoms with van der Waals surface area (Å²) in [5.41, 5.74) is 6.91. The minimum Gasteiger partial charge on any atom is -0.410 e. The van der Waals surface area contributed by atoms with E-state index in [1.807, 2.05) is 0 Å². The first-order valence-corrected chi connectivity index (χ1v) is 19.1. The van der Waals surface area contributed by atoms with E-state index < -0.39 is 6.09 Å². The van der Waals surface area contributed by atoms with Crippen molar-refractivity contribution in [1.29, 1.82) is 0 Å². The van der Waals surface area contributed by atoms with Gasteiger partial charge in [-0.3, -0.25) is 0 Å². The molecule has 2 amide bonds. The van der Waals surface area contributed by atoms with Crippen molar-refractivity contribution in [2.75, 3.05) is 6.54 Å². The molecule has 0 aliphatic heterocycles. The van der Waals surface area contributed by atoms with Crippen molar-refractivity contribution in [1.82, 2.24) is 10.6 Å². The number of hydrogen-bond acceptors (Lipinski definition) is 4. The number of nitrogens with one attached hydrogen (secondary N) is 2. The van der Waals surface area contributed by atoms with Gasteiger partial charge in [0, 0.05) is 12.6 Å². The molecule has 3 rings (SSSR count). The molecule has 1 saturated carbocycles. The van der Waals surface area contributed by atoms with E-state index >= 15 is 0 Å². The summed E-state index contributed by atoms with van der Waals surface area (Å²) in [4.78, 5) is 26.9. The quantitative estimate of drug-likeness (QED) is 0.177. The van der Waals surface area contributed by atoms with Crippen molar-refractivity contribution in [3.8, 4) is 11.5 Å². The molecule has 268 valence electrons. The first-order chi connectivity index (χ1) is 22.9. The molecular weight excluding hydrogens is 596 g/mol. The maximum atomic E-state index is 13.5. The molecule has 6 heteroatoms. The van der Waals surface area contributed by atoms with Gasteiger partial charge in [0.05, 0.1) is 0 Å². The minimum atomic E-state index is -0.403. The average Bonchev–Trinajstić information content (AvgIpc) is 2.99. The van der Waals surface area contributed by atoms with Crippen molar-refractivity contribution >= 4 is 12.2 Å². The summed E-state index contributed by atoms with van der Waals surface area (Å²) in [6.45, 7) is 20.3. The van der Waals surface area contributed by atoms with Gasteiger partial charge in [-0.15, -0.1) is 0 Å². The van der Waals surface area contributed by atoms with Crippen LogP contribution in [0.15, 0.2) is 24.3 Å². The van der Waals surface area contributed by atoms with E-state index in [0.29, 0.717) is 6.54 Å². The third-order valence-electron chi connectivity index (χ3n) is 9.57. The topological polar surface area (TPSA) is 76.7 Å². The molecule has 48 heavy (non-hydrogen) atoms. The highest BCUT2D eigenvalue weighted by Gasteiger charge is 2.42. The summed E-state index contributed by atoms with van der Waals surface area (Å²) in [5.74, 6) is 1.48. The molecule has 0 spiro atoms. The van der Waals surface area contributed by atoms with Gasteiger partial charge < -0.3 is 20.1 Å². The Labute approximate surface area is 292 Å².